The van der Waals surface area contributed by atoms with Crippen LogP contribution in [-0.2, 0) is 28.9 Å². The lowest BCUT2D eigenvalue weighted by atomic mass is 10.0. The van der Waals surface area contributed by atoms with Crippen LogP contribution >= 0.6 is 0 Å². The maximum absolute atomic E-state index is 12.4. The van der Waals surface area contributed by atoms with Crippen molar-refractivity contribution in [2.75, 3.05) is 25.0 Å². The second-order valence-corrected chi connectivity index (χ2v) is 10.4. The van der Waals surface area contributed by atoms with Crippen molar-refractivity contribution in [3.63, 3.8) is 0 Å². The van der Waals surface area contributed by atoms with Crippen LogP contribution in [0.5, 0.6) is 0 Å². The molecule has 1 aliphatic heterocycles. The van der Waals surface area contributed by atoms with E-state index in [1.165, 1.54) is 16.7 Å². The van der Waals surface area contributed by atoms with Crippen molar-refractivity contribution in [2.45, 2.75) is 58.3 Å². The van der Waals surface area contributed by atoms with Crippen LogP contribution < -0.4 is 5.32 Å². The van der Waals surface area contributed by atoms with E-state index in [9.17, 15) is 4.79 Å². The molecule has 1 unspecified atom stereocenters. The normalized spacial score (nSPS) is 15.3. The predicted octanol–water partition coefficient (Wildman–Crippen LogP) is 5.85. The number of nitrogens with zero attached hydrogens (tertiary/aromatic N) is 2. The number of ether oxygens (including phenoxy) is 2. The fourth-order valence-electron chi connectivity index (χ4n) is 4.22. The number of carbonyl (C=O) groups excluding carboxylic acids is 1. The van der Waals surface area contributed by atoms with Crippen LogP contribution in [0.2, 0.25) is 0 Å². The second kappa shape index (κ2) is 12.0. The zero-order valence-corrected chi connectivity index (χ0v) is 21.6. The zero-order chi connectivity index (χ0) is 25.4. The smallest absolute Gasteiger partial charge is 0.410 e. The van der Waals surface area contributed by atoms with Crippen LogP contribution in [0.4, 0.5) is 10.5 Å². The van der Waals surface area contributed by atoms with Crippen molar-refractivity contribution in [1.29, 1.82) is 0 Å². The van der Waals surface area contributed by atoms with Crippen molar-refractivity contribution in [3.8, 4) is 0 Å². The van der Waals surface area contributed by atoms with E-state index in [1.807, 2.05) is 51.4 Å². The molecule has 1 saturated heterocycles. The van der Waals surface area contributed by atoms with Gasteiger partial charge in [0.1, 0.15) is 5.60 Å². The molecular formula is C30H37N3O3. The second-order valence-electron chi connectivity index (χ2n) is 10.4. The number of anilines is 1. The highest BCUT2D eigenvalue weighted by molar-refractivity contribution is 5.69. The van der Waals surface area contributed by atoms with Crippen molar-refractivity contribution >= 4 is 11.8 Å². The summed E-state index contributed by atoms with van der Waals surface area (Å²) in [7, 11) is 0. The van der Waals surface area contributed by atoms with Gasteiger partial charge in [-0.25, -0.2) is 4.79 Å². The number of amides is 1. The molecule has 1 atom stereocenters. The van der Waals surface area contributed by atoms with Gasteiger partial charge < -0.3 is 19.7 Å². The minimum absolute atomic E-state index is 0.143. The van der Waals surface area contributed by atoms with Gasteiger partial charge in [0.25, 0.3) is 0 Å². The van der Waals surface area contributed by atoms with Gasteiger partial charge in [-0.2, -0.15) is 0 Å². The standard InChI is InChI=1S/C30H37N3O3/c1-30(2,3)36-29(34)33-14-12-28(33)21-32-27-18-26(19-31-20-27)17-25-11-7-10-23(16-25)13-15-35-22-24-8-5-4-6-9-24/h4-11,16,18-20,28,32H,12-15,17,21-22H2,1-3H3. The van der Waals surface area contributed by atoms with E-state index in [1.54, 1.807) is 4.90 Å². The van der Waals surface area contributed by atoms with Crippen LogP contribution in [0.3, 0.4) is 0 Å². The zero-order valence-electron chi connectivity index (χ0n) is 21.6. The van der Waals surface area contributed by atoms with Gasteiger partial charge in [-0.1, -0.05) is 54.6 Å². The fourth-order valence-corrected chi connectivity index (χ4v) is 4.22. The number of aromatic nitrogens is 1. The maximum Gasteiger partial charge on any atom is 0.410 e. The Morgan fingerprint density at radius 2 is 1.78 bits per heavy atom. The van der Waals surface area contributed by atoms with E-state index in [2.05, 4.69) is 52.8 Å². The molecule has 0 spiro atoms. The largest absolute Gasteiger partial charge is 0.444 e. The van der Waals surface area contributed by atoms with E-state index in [-0.39, 0.29) is 12.1 Å². The molecule has 4 rings (SSSR count). The summed E-state index contributed by atoms with van der Waals surface area (Å²) < 4.78 is 11.4. The average Bonchev–Trinajstić information content (AvgIpc) is 2.81. The molecule has 3 aromatic rings. The number of hydrogen-bond acceptors (Lipinski definition) is 5. The summed E-state index contributed by atoms with van der Waals surface area (Å²) in [5, 5.41) is 3.45. The molecule has 1 N–H and O–H groups in total. The third kappa shape index (κ3) is 7.82. The van der Waals surface area contributed by atoms with Gasteiger partial charge in [0, 0.05) is 25.5 Å². The van der Waals surface area contributed by atoms with E-state index in [0.717, 1.165) is 37.1 Å². The molecule has 0 aliphatic carbocycles. The Morgan fingerprint density at radius 1 is 1.00 bits per heavy atom. The monoisotopic (exact) mass is 487 g/mol. The Kier molecular flexibility index (Phi) is 8.60. The van der Waals surface area contributed by atoms with Gasteiger partial charge in [-0.3, -0.25) is 4.98 Å². The molecule has 6 heteroatoms. The van der Waals surface area contributed by atoms with E-state index >= 15 is 0 Å². The Hall–Kier alpha value is -3.38. The number of pyridine rings is 1. The summed E-state index contributed by atoms with van der Waals surface area (Å²) in [6.07, 6.45) is 6.18. The van der Waals surface area contributed by atoms with Crippen LogP contribution in [-0.4, -0.2) is 47.3 Å². The predicted molar refractivity (Wildman–Crippen MR) is 143 cm³/mol. The minimum Gasteiger partial charge on any atom is -0.444 e. The Morgan fingerprint density at radius 3 is 2.53 bits per heavy atom. The number of benzene rings is 2. The topological polar surface area (TPSA) is 63.7 Å². The van der Waals surface area contributed by atoms with Gasteiger partial charge in [0.2, 0.25) is 0 Å². The first-order chi connectivity index (χ1) is 17.4. The highest BCUT2D eigenvalue weighted by atomic mass is 16.6. The van der Waals surface area contributed by atoms with E-state index < -0.39 is 5.60 Å². The third-order valence-corrected chi connectivity index (χ3v) is 6.15. The minimum atomic E-state index is -0.477. The molecule has 0 bridgehead atoms. The van der Waals surface area contributed by atoms with Crippen LogP contribution in [0.15, 0.2) is 73.1 Å². The molecule has 2 heterocycles. The molecule has 6 nitrogen and oxygen atoms in total. The fraction of sp³-hybridized carbons (Fsp3) is 0.400. The molecule has 1 fully saturated rings. The summed E-state index contributed by atoms with van der Waals surface area (Å²) in [5.41, 5.74) is 5.36. The number of likely N-dealkylation sites (tertiary alicyclic amines) is 1. The first-order valence-electron chi connectivity index (χ1n) is 12.7. The number of carbonyl (C=O) groups is 1. The number of hydrogen-bond donors (Lipinski definition) is 1. The highest BCUT2D eigenvalue weighted by Gasteiger charge is 2.34. The summed E-state index contributed by atoms with van der Waals surface area (Å²) in [6, 6.07) is 21.2. The molecule has 0 radical (unpaired) electrons. The number of nitrogens with one attached hydrogen (secondary N) is 1. The SMILES string of the molecule is CC(C)(C)OC(=O)N1CCC1CNc1cncc(Cc2cccc(CCOCc3ccccc3)c2)c1. The van der Waals surface area contributed by atoms with Gasteiger partial charge in [0.15, 0.2) is 0 Å². The van der Waals surface area contributed by atoms with Crippen LogP contribution in [0, 0.1) is 0 Å². The first kappa shape index (κ1) is 25.7. The number of rotatable bonds is 10. The summed E-state index contributed by atoms with van der Waals surface area (Å²) in [5.74, 6) is 0. The molecule has 1 aromatic heterocycles. The Labute approximate surface area is 214 Å². The Bertz CT molecular complexity index is 1130. The van der Waals surface area contributed by atoms with Crippen LogP contribution in [0.1, 0.15) is 49.4 Å². The third-order valence-electron chi connectivity index (χ3n) is 6.15. The molecule has 36 heavy (non-hydrogen) atoms. The summed E-state index contributed by atoms with van der Waals surface area (Å²) in [6.45, 7) is 8.44. The lowest BCUT2D eigenvalue weighted by Gasteiger charge is -2.41. The lowest BCUT2D eigenvalue weighted by Crippen LogP contribution is -2.55. The highest BCUT2D eigenvalue weighted by Crippen LogP contribution is 2.22. The van der Waals surface area contributed by atoms with Crippen LogP contribution in [0.25, 0.3) is 0 Å². The van der Waals surface area contributed by atoms with E-state index in [0.29, 0.717) is 19.8 Å². The van der Waals surface area contributed by atoms with Crippen molar-refractivity contribution in [1.82, 2.24) is 9.88 Å². The molecule has 1 amide bonds. The van der Waals surface area contributed by atoms with E-state index in [4.69, 9.17) is 9.47 Å². The Balaban J connectivity index is 1.25. The molecule has 0 saturated carbocycles. The average molecular weight is 488 g/mol. The van der Waals surface area contributed by atoms with Crippen molar-refractivity contribution in [3.05, 3.63) is 95.3 Å². The maximum atomic E-state index is 12.4. The van der Waals surface area contributed by atoms with Gasteiger partial charge in [-0.15, -0.1) is 0 Å². The molecule has 190 valence electrons. The summed E-state index contributed by atoms with van der Waals surface area (Å²) in [4.78, 5) is 18.6. The van der Waals surface area contributed by atoms with Crippen molar-refractivity contribution in [2.24, 2.45) is 0 Å². The van der Waals surface area contributed by atoms with Gasteiger partial charge in [0.05, 0.1) is 24.9 Å². The van der Waals surface area contributed by atoms with Gasteiger partial charge >= 0.3 is 6.09 Å². The molecular weight excluding hydrogens is 450 g/mol. The quantitative estimate of drug-likeness (QED) is 0.363. The first-order valence-corrected chi connectivity index (χ1v) is 12.7. The lowest BCUT2D eigenvalue weighted by molar-refractivity contribution is -0.00274. The summed E-state index contributed by atoms with van der Waals surface area (Å²) >= 11 is 0. The van der Waals surface area contributed by atoms with Gasteiger partial charge in [-0.05, 0) is 68.4 Å². The van der Waals surface area contributed by atoms with Crippen molar-refractivity contribution < 1.29 is 14.3 Å². The molecule has 1 aliphatic rings. The molecule has 2 aromatic carbocycles.